The first kappa shape index (κ1) is 16.3. The van der Waals surface area contributed by atoms with Crippen LogP contribution >= 0.6 is 0 Å². The Labute approximate surface area is 134 Å². The molecule has 1 atom stereocenters. The van der Waals surface area contributed by atoms with Gasteiger partial charge < -0.3 is 10.0 Å². The van der Waals surface area contributed by atoms with Gasteiger partial charge in [-0.15, -0.1) is 0 Å². The summed E-state index contributed by atoms with van der Waals surface area (Å²) in [5, 5.41) is 10.8. The van der Waals surface area contributed by atoms with Gasteiger partial charge in [0.2, 0.25) is 0 Å². The fourth-order valence-electron chi connectivity index (χ4n) is 3.53. The molecule has 0 bridgehead atoms. The Morgan fingerprint density at radius 3 is 2.52 bits per heavy atom. The zero-order valence-corrected chi connectivity index (χ0v) is 13.1. The van der Waals surface area contributed by atoms with Crippen molar-refractivity contribution in [2.75, 3.05) is 26.2 Å². The van der Waals surface area contributed by atoms with E-state index in [9.17, 15) is 18.7 Å². The number of benzene rings is 1. The van der Waals surface area contributed by atoms with Crippen molar-refractivity contribution in [3.8, 4) is 0 Å². The molecular weight excluding hydrogens is 302 g/mol. The number of carbonyl (C=O) groups excluding carboxylic acids is 1. The summed E-state index contributed by atoms with van der Waals surface area (Å²) in [5.74, 6) is -2.12. The van der Waals surface area contributed by atoms with Crippen LogP contribution in [0.3, 0.4) is 0 Å². The van der Waals surface area contributed by atoms with E-state index in [1.807, 2.05) is 0 Å². The van der Waals surface area contributed by atoms with Crippen LogP contribution in [0.1, 0.15) is 31.2 Å². The molecule has 0 unspecified atom stereocenters. The molecule has 0 aliphatic carbocycles. The Morgan fingerprint density at radius 1 is 1.09 bits per heavy atom. The van der Waals surface area contributed by atoms with Gasteiger partial charge in [0, 0.05) is 19.6 Å². The van der Waals surface area contributed by atoms with Gasteiger partial charge in [0.15, 0.2) is 17.2 Å². The third kappa shape index (κ3) is 3.53. The van der Waals surface area contributed by atoms with Crippen LogP contribution in [0.2, 0.25) is 0 Å². The number of hydrogen-bond donors (Lipinski definition) is 1. The largest absolute Gasteiger partial charge is 0.379 e. The van der Waals surface area contributed by atoms with E-state index in [4.69, 9.17) is 0 Å². The van der Waals surface area contributed by atoms with Gasteiger partial charge in [-0.25, -0.2) is 8.78 Å². The van der Waals surface area contributed by atoms with Crippen LogP contribution in [0, 0.1) is 11.6 Å². The molecule has 3 rings (SSSR count). The summed E-state index contributed by atoms with van der Waals surface area (Å²) >= 11 is 0. The van der Waals surface area contributed by atoms with Gasteiger partial charge in [-0.2, -0.15) is 0 Å². The molecule has 0 radical (unpaired) electrons. The maximum atomic E-state index is 13.3. The first-order valence-electron chi connectivity index (χ1n) is 8.16. The summed E-state index contributed by atoms with van der Waals surface area (Å²) in [5.41, 5.74) is -0.830. The molecule has 2 fully saturated rings. The summed E-state index contributed by atoms with van der Waals surface area (Å²) in [4.78, 5) is 16.3. The van der Waals surface area contributed by atoms with Crippen molar-refractivity contribution in [1.29, 1.82) is 0 Å². The molecule has 1 aromatic rings. The van der Waals surface area contributed by atoms with Crippen LogP contribution in [0.15, 0.2) is 18.2 Å². The fraction of sp³-hybridized carbons (Fsp3) is 0.588. The van der Waals surface area contributed by atoms with E-state index in [-0.39, 0.29) is 12.5 Å². The van der Waals surface area contributed by atoms with E-state index in [0.29, 0.717) is 31.5 Å². The number of hydrogen-bond acceptors (Lipinski definition) is 3. The molecule has 1 aromatic carbocycles. The molecule has 0 saturated carbocycles. The van der Waals surface area contributed by atoms with E-state index >= 15 is 0 Å². The quantitative estimate of drug-likeness (QED) is 0.920. The minimum Gasteiger partial charge on any atom is -0.379 e. The zero-order chi connectivity index (χ0) is 16.4. The molecule has 1 amide bonds. The molecule has 2 heterocycles. The monoisotopic (exact) mass is 324 g/mol. The van der Waals surface area contributed by atoms with Crippen molar-refractivity contribution in [1.82, 2.24) is 9.80 Å². The maximum Gasteiger partial charge on any atom is 0.256 e. The third-order valence-electron chi connectivity index (χ3n) is 4.75. The van der Waals surface area contributed by atoms with Crippen molar-refractivity contribution in [3.63, 3.8) is 0 Å². The van der Waals surface area contributed by atoms with Crippen LogP contribution in [-0.4, -0.2) is 52.6 Å². The number of β-amino-alcohol motifs (C(OH)–C–C–N with tert-alkyl or cyclic N) is 1. The highest BCUT2D eigenvalue weighted by Gasteiger charge is 2.43. The average Bonchev–Trinajstić information content (AvgIpc) is 3.00. The van der Waals surface area contributed by atoms with Crippen molar-refractivity contribution in [3.05, 3.63) is 35.4 Å². The normalized spacial score (nSPS) is 26.0. The molecule has 4 nitrogen and oxygen atoms in total. The van der Waals surface area contributed by atoms with Gasteiger partial charge in [-0.3, -0.25) is 9.69 Å². The van der Waals surface area contributed by atoms with Gasteiger partial charge in [-0.1, -0.05) is 6.07 Å². The number of rotatable bonds is 4. The number of carbonyl (C=O) groups is 1. The van der Waals surface area contributed by atoms with Gasteiger partial charge in [0.1, 0.15) is 0 Å². The van der Waals surface area contributed by atoms with E-state index in [1.54, 1.807) is 4.90 Å². The smallest absolute Gasteiger partial charge is 0.256 e. The third-order valence-corrected chi connectivity index (χ3v) is 4.75. The minimum absolute atomic E-state index is 0.193. The fourth-order valence-corrected chi connectivity index (χ4v) is 3.53. The van der Waals surface area contributed by atoms with E-state index in [1.165, 1.54) is 6.07 Å². The SMILES string of the molecule is O=C1N(Cc2ccc(F)c(F)c2)CCC[C@@]1(O)CN1CCCC1. The molecule has 1 N–H and O–H groups in total. The van der Waals surface area contributed by atoms with Gasteiger partial charge in [-0.05, 0) is 56.5 Å². The molecule has 0 aromatic heterocycles. The second-order valence-electron chi connectivity index (χ2n) is 6.59. The first-order chi connectivity index (χ1) is 11.0. The Morgan fingerprint density at radius 2 is 1.83 bits per heavy atom. The number of amides is 1. The number of aliphatic hydroxyl groups is 1. The summed E-state index contributed by atoms with van der Waals surface area (Å²) in [6.07, 6.45) is 3.36. The summed E-state index contributed by atoms with van der Waals surface area (Å²) < 4.78 is 26.3. The second kappa shape index (κ2) is 6.53. The van der Waals surface area contributed by atoms with Crippen LogP contribution < -0.4 is 0 Å². The lowest BCUT2D eigenvalue weighted by Gasteiger charge is -2.40. The van der Waals surface area contributed by atoms with Crippen molar-refractivity contribution in [2.45, 2.75) is 37.8 Å². The Bertz CT molecular complexity index is 590. The predicted octanol–water partition coefficient (Wildman–Crippen LogP) is 1.91. The van der Waals surface area contributed by atoms with Gasteiger partial charge >= 0.3 is 0 Å². The predicted molar refractivity (Wildman–Crippen MR) is 81.6 cm³/mol. The molecule has 6 heteroatoms. The average molecular weight is 324 g/mol. The van der Waals surface area contributed by atoms with Crippen LogP contribution in [0.5, 0.6) is 0 Å². The molecule has 126 valence electrons. The summed E-state index contributed by atoms with van der Waals surface area (Å²) in [6.45, 7) is 2.91. The lowest BCUT2D eigenvalue weighted by atomic mass is 9.91. The summed E-state index contributed by atoms with van der Waals surface area (Å²) in [6, 6.07) is 3.64. The number of likely N-dealkylation sites (tertiary alicyclic amines) is 2. The standard InChI is InChI=1S/C17H22F2N2O2/c18-14-5-4-13(10-15(14)19)11-21-9-3-6-17(23,16(21)22)12-20-7-1-2-8-20/h4-5,10,23H,1-3,6-9,11-12H2/t17-/m1/s1. The number of halogens is 2. The molecule has 2 aliphatic heterocycles. The highest BCUT2D eigenvalue weighted by atomic mass is 19.2. The topological polar surface area (TPSA) is 43.8 Å². The molecule has 0 spiro atoms. The van der Waals surface area contributed by atoms with Crippen LogP contribution in [0.25, 0.3) is 0 Å². The molecule has 2 aliphatic rings. The van der Waals surface area contributed by atoms with Crippen LogP contribution in [-0.2, 0) is 11.3 Å². The van der Waals surface area contributed by atoms with Gasteiger partial charge in [0.05, 0.1) is 0 Å². The maximum absolute atomic E-state index is 13.3. The van der Waals surface area contributed by atoms with Crippen molar-refractivity contribution in [2.24, 2.45) is 0 Å². The lowest BCUT2D eigenvalue weighted by Crippen LogP contribution is -2.58. The summed E-state index contributed by atoms with van der Waals surface area (Å²) in [7, 11) is 0. The Balaban J connectivity index is 1.69. The minimum atomic E-state index is -1.36. The van der Waals surface area contributed by atoms with Crippen molar-refractivity contribution < 1.29 is 18.7 Å². The zero-order valence-electron chi connectivity index (χ0n) is 13.1. The second-order valence-corrected chi connectivity index (χ2v) is 6.59. The van der Waals surface area contributed by atoms with E-state index in [0.717, 1.165) is 38.1 Å². The first-order valence-corrected chi connectivity index (χ1v) is 8.16. The van der Waals surface area contributed by atoms with Crippen molar-refractivity contribution >= 4 is 5.91 Å². The highest BCUT2D eigenvalue weighted by molar-refractivity contribution is 5.86. The lowest BCUT2D eigenvalue weighted by molar-refractivity contribution is -0.159. The molecular formula is C17H22F2N2O2. The Kier molecular flexibility index (Phi) is 4.64. The van der Waals surface area contributed by atoms with E-state index < -0.39 is 17.2 Å². The number of nitrogens with zero attached hydrogens (tertiary/aromatic N) is 2. The molecule has 2 saturated heterocycles. The molecule has 23 heavy (non-hydrogen) atoms. The highest BCUT2D eigenvalue weighted by Crippen LogP contribution is 2.26. The van der Waals surface area contributed by atoms with Gasteiger partial charge in [0.25, 0.3) is 5.91 Å². The van der Waals surface area contributed by atoms with Crippen LogP contribution in [0.4, 0.5) is 8.78 Å². The van der Waals surface area contributed by atoms with E-state index in [2.05, 4.69) is 4.90 Å². The number of piperidine rings is 1. The Hall–Kier alpha value is -1.53.